The summed E-state index contributed by atoms with van der Waals surface area (Å²) in [6.45, 7) is 9.72. The van der Waals surface area contributed by atoms with E-state index in [1.807, 2.05) is 0 Å². The Kier molecular flexibility index (Phi) is 6.90. The molecule has 9 aromatic rings. The lowest BCUT2D eigenvalue weighted by Gasteiger charge is -2.42. The second kappa shape index (κ2) is 11.7. The lowest BCUT2D eigenvalue weighted by Crippen LogP contribution is -2.33. The highest BCUT2D eigenvalue weighted by Crippen LogP contribution is 2.49. The van der Waals surface area contributed by atoms with Gasteiger partial charge in [0.1, 0.15) is 0 Å². The van der Waals surface area contributed by atoms with E-state index < -0.39 is 0 Å². The standard InChI is InChI=1S/C52H43N3/c1-51(2)27-28-52(3,4)43-31-46-41(30-42(43)51)47-38-18-10-8-13-32(38)23-26-45(47)55(46)44-20-12-17-35-29-36(22-24-37(35)44)50-53-48(34-15-6-5-7-16-34)40-25-21-33-14-9-11-19-39(33)49(40)54-50/h5-20,22-24,26,29-31H,21,25,27-28H2,1-4H3. The summed E-state index contributed by atoms with van der Waals surface area (Å²) in [7, 11) is 0. The van der Waals surface area contributed by atoms with E-state index >= 15 is 0 Å². The Hall–Kier alpha value is -6.06. The van der Waals surface area contributed by atoms with Crippen LogP contribution in [0.15, 0.2) is 140 Å². The van der Waals surface area contributed by atoms with Gasteiger partial charge in [0.25, 0.3) is 0 Å². The fourth-order valence-corrected chi connectivity index (χ4v) is 9.84. The van der Waals surface area contributed by atoms with E-state index in [-0.39, 0.29) is 10.8 Å². The van der Waals surface area contributed by atoms with Crippen molar-refractivity contribution in [1.29, 1.82) is 0 Å². The van der Waals surface area contributed by atoms with Crippen LogP contribution in [0.4, 0.5) is 0 Å². The van der Waals surface area contributed by atoms with Gasteiger partial charge in [-0.05, 0) is 99.7 Å². The summed E-state index contributed by atoms with van der Waals surface area (Å²) in [5.74, 6) is 0.765. The molecule has 0 saturated heterocycles. The summed E-state index contributed by atoms with van der Waals surface area (Å²) in [6, 6.07) is 51.5. The van der Waals surface area contributed by atoms with E-state index in [9.17, 15) is 0 Å². The van der Waals surface area contributed by atoms with Gasteiger partial charge in [-0.25, -0.2) is 9.97 Å². The van der Waals surface area contributed by atoms with E-state index in [2.05, 4.69) is 172 Å². The quantitative estimate of drug-likeness (QED) is 0.183. The minimum atomic E-state index is 0.101. The monoisotopic (exact) mass is 709 g/mol. The highest BCUT2D eigenvalue weighted by atomic mass is 15.0. The van der Waals surface area contributed by atoms with Crippen LogP contribution >= 0.6 is 0 Å². The molecule has 0 unspecified atom stereocenters. The van der Waals surface area contributed by atoms with Crippen molar-refractivity contribution in [3.8, 4) is 39.6 Å². The molecule has 3 heteroatoms. The highest BCUT2D eigenvalue weighted by Gasteiger charge is 2.38. The lowest BCUT2D eigenvalue weighted by atomic mass is 9.63. The van der Waals surface area contributed by atoms with E-state index in [4.69, 9.17) is 9.97 Å². The molecule has 2 aliphatic carbocycles. The number of aromatic nitrogens is 3. The number of benzene rings is 7. The number of fused-ring (bicyclic) bond motifs is 10. The Morgan fingerprint density at radius 1 is 0.509 bits per heavy atom. The predicted octanol–water partition coefficient (Wildman–Crippen LogP) is 13.3. The van der Waals surface area contributed by atoms with E-state index in [1.165, 1.54) is 89.7 Å². The Morgan fingerprint density at radius 2 is 1.24 bits per heavy atom. The second-order valence-electron chi connectivity index (χ2n) is 17.2. The predicted molar refractivity (Wildman–Crippen MR) is 230 cm³/mol. The van der Waals surface area contributed by atoms with Crippen molar-refractivity contribution in [2.24, 2.45) is 0 Å². The zero-order chi connectivity index (χ0) is 37.1. The first-order valence-electron chi connectivity index (χ1n) is 19.8. The molecular weight excluding hydrogens is 667 g/mol. The molecular formula is C52H43N3. The third-order valence-electron chi connectivity index (χ3n) is 13.0. The molecule has 0 fully saturated rings. The lowest BCUT2D eigenvalue weighted by molar-refractivity contribution is 0.332. The van der Waals surface area contributed by atoms with Gasteiger partial charge in [-0.3, -0.25) is 0 Å². The van der Waals surface area contributed by atoms with Crippen molar-refractivity contribution >= 4 is 43.4 Å². The minimum Gasteiger partial charge on any atom is -0.309 e. The van der Waals surface area contributed by atoms with Gasteiger partial charge in [-0.15, -0.1) is 0 Å². The van der Waals surface area contributed by atoms with Crippen LogP contribution in [0.1, 0.15) is 62.8 Å². The first-order chi connectivity index (χ1) is 26.7. The third-order valence-corrected chi connectivity index (χ3v) is 13.0. The summed E-state index contributed by atoms with van der Waals surface area (Å²) >= 11 is 0. The number of aryl methyl sites for hydroxylation is 1. The van der Waals surface area contributed by atoms with Crippen LogP contribution in [0.25, 0.3) is 82.9 Å². The van der Waals surface area contributed by atoms with Crippen LogP contribution in [-0.4, -0.2) is 14.5 Å². The molecule has 55 heavy (non-hydrogen) atoms. The van der Waals surface area contributed by atoms with Crippen LogP contribution in [0.3, 0.4) is 0 Å². The Labute approximate surface area is 322 Å². The van der Waals surface area contributed by atoms with Crippen LogP contribution < -0.4 is 0 Å². The highest BCUT2D eigenvalue weighted by molar-refractivity contribution is 6.22. The molecule has 266 valence electrons. The molecule has 3 nitrogen and oxygen atoms in total. The van der Waals surface area contributed by atoms with E-state index in [0.29, 0.717) is 0 Å². The molecule has 0 aliphatic heterocycles. The molecule has 7 aromatic carbocycles. The van der Waals surface area contributed by atoms with Gasteiger partial charge in [-0.2, -0.15) is 0 Å². The van der Waals surface area contributed by atoms with E-state index in [0.717, 1.165) is 41.2 Å². The molecule has 11 rings (SSSR count). The molecule has 0 bridgehead atoms. The zero-order valence-electron chi connectivity index (χ0n) is 31.9. The molecule has 0 saturated carbocycles. The van der Waals surface area contributed by atoms with Crippen LogP contribution in [0, 0.1) is 0 Å². The SMILES string of the molecule is CC1(C)CCC(C)(C)c2cc3c(cc21)c1c2ccccc2ccc1n3-c1cccc2cc(-c3nc(-c4ccccc4)c4c(n3)-c3ccccc3CC4)ccc12. The van der Waals surface area contributed by atoms with Crippen molar-refractivity contribution in [3.63, 3.8) is 0 Å². The summed E-state index contributed by atoms with van der Waals surface area (Å²) in [5, 5.41) is 7.63. The average molecular weight is 710 g/mol. The molecule has 0 N–H and O–H groups in total. The van der Waals surface area contributed by atoms with Crippen LogP contribution in [-0.2, 0) is 23.7 Å². The molecule has 0 spiro atoms. The molecule has 2 aromatic heterocycles. The third kappa shape index (κ3) is 4.88. The summed E-state index contributed by atoms with van der Waals surface area (Å²) < 4.78 is 2.54. The van der Waals surface area contributed by atoms with Crippen molar-refractivity contribution in [2.45, 2.75) is 64.2 Å². The fraction of sp³-hybridized carbons (Fsp3) is 0.192. The van der Waals surface area contributed by atoms with Gasteiger partial charge in [0.2, 0.25) is 0 Å². The van der Waals surface area contributed by atoms with Crippen molar-refractivity contribution < 1.29 is 0 Å². The first kappa shape index (κ1) is 32.4. The normalized spacial score (nSPS) is 15.6. The molecule has 0 radical (unpaired) electrons. The number of nitrogens with zero attached hydrogens (tertiary/aromatic N) is 3. The van der Waals surface area contributed by atoms with Gasteiger partial charge in [0.15, 0.2) is 5.82 Å². The largest absolute Gasteiger partial charge is 0.309 e. The minimum absolute atomic E-state index is 0.101. The van der Waals surface area contributed by atoms with Gasteiger partial charge >= 0.3 is 0 Å². The molecule has 2 aliphatic rings. The van der Waals surface area contributed by atoms with Crippen LogP contribution in [0.5, 0.6) is 0 Å². The van der Waals surface area contributed by atoms with Crippen molar-refractivity contribution in [1.82, 2.24) is 14.5 Å². The number of hydrogen-bond donors (Lipinski definition) is 0. The van der Waals surface area contributed by atoms with Crippen molar-refractivity contribution in [3.05, 3.63) is 162 Å². The van der Waals surface area contributed by atoms with Gasteiger partial charge in [0, 0.05) is 38.4 Å². The van der Waals surface area contributed by atoms with Crippen LogP contribution in [0.2, 0.25) is 0 Å². The number of hydrogen-bond acceptors (Lipinski definition) is 2. The fourth-order valence-electron chi connectivity index (χ4n) is 9.84. The Balaban J connectivity index is 1.15. The maximum Gasteiger partial charge on any atom is 0.160 e. The van der Waals surface area contributed by atoms with Crippen molar-refractivity contribution in [2.75, 3.05) is 0 Å². The van der Waals surface area contributed by atoms with Gasteiger partial charge in [0.05, 0.1) is 28.1 Å². The summed E-state index contributed by atoms with van der Waals surface area (Å²) in [6.07, 6.45) is 4.31. The molecule has 0 amide bonds. The topological polar surface area (TPSA) is 30.7 Å². The smallest absolute Gasteiger partial charge is 0.160 e. The summed E-state index contributed by atoms with van der Waals surface area (Å²) in [4.78, 5) is 10.7. The summed E-state index contributed by atoms with van der Waals surface area (Å²) in [5.41, 5.74) is 15.0. The van der Waals surface area contributed by atoms with E-state index in [1.54, 1.807) is 0 Å². The Morgan fingerprint density at radius 3 is 2.09 bits per heavy atom. The first-order valence-corrected chi connectivity index (χ1v) is 19.8. The molecule has 2 heterocycles. The maximum atomic E-state index is 5.35. The van der Waals surface area contributed by atoms with Gasteiger partial charge in [-0.1, -0.05) is 137 Å². The number of rotatable bonds is 3. The zero-order valence-corrected chi connectivity index (χ0v) is 31.9. The van der Waals surface area contributed by atoms with Gasteiger partial charge < -0.3 is 4.57 Å². The second-order valence-corrected chi connectivity index (χ2v) is 17.2. The Bertz CT molecular complexity index is 3020. The molecule has 0 atom stereocenters. The average Bonchev–Trinajstić information content (AvgIpc) is 3.55. The maximum absolute atomic E-state index is 5.35.